The molecule has 3 rings (SSSR count). The number of benzene rings is 1. The number of sulfone groups is 1. The molecule has 2 heterocycles. The quantitative estimate of drug-likeness (QED) is 0.635. The summed E-state index contributed by atoms with van der Waals surface area (Å²) in [6.45, 7) is -0.233. The van der Waals surface area contributed by atoms with E-state index in [9.17, 15) is 13.2 Å². The third kappa shape index (κ3) is 3.29. The molecule has 2 aromatic heterocycles. The molecule has 0 aliphatic rings. The molecule has 3 aromatic rings. The van der Waals surface area contributed by atoms with E-state index in [-0.39, 0.29) is 24.5 Å². The summed E-state index contributed by atoms with van der Waals surface area (Å²) in [5.74, 6) is -1.42. The molecule has 1 aromatic carbocycles. The summed E-state index contributed by atoms with van der Waals surface area (Å²) in [4.78, 5) is 16.9. The molecule has 0 atom stereocenters. The van der Waals surface area contributed by atoms with Gasteiger partial charge >= 0.3 is 0 Å². The van der Waals surface area contributed by atoms with Crippen LogP contribution in [0.3, 0.4) is 0 Å². The highest BCUT2D eigenvalue weighted by molar-refractivity contribution is 7.92. The van der Waals surface area contributed by atoms with Crippen LogP contribution in [0.1, 0.15) is 16.9 Å². The van der Waals surface area contributed by atoms with E-state index in [1.807, 2.05) is 0 Å². The predicted molar refractivity (Wildman–Crippen MR) is 95.3 cm³/mol. The van der Waals surface area contributed by atoms with Crippen LogP contribution in [-0.4, -0.2) is 46.8 Å². The molecule has 0 spiro atoms. The van der Waals surface area contributed by atoms with Gasteiger partial charge in [0.2, 0.25) is 0 Å². The number of carbonyl (C=O) groups excluding carboxylic acids is 1. The molecule has 10 heteroatoms. The summed E-state index contributed by atoms with van der Waals surface area (Å²) in [5.41, 5.74) is 0.834. The van der Waals surface area contributed by atoms with Gasteiger partial charge in [-0.05, 0) is 18.6 Å². The zero-order valence-electron chi connectivity index (χ0n) is 12.2. The number of aliphatic hydroxyl groups excluding tert-OH is 1. The Bertz CT molecular complexity index is 1040. The maximum absolute atomic E-state index is 12.2. The van der Waals surface area contributed by atoms with Crippen molar-refractivity contribution in [3.63, 3.8) is 0 Å². The first-order valence-corrected chi connectivity index (χ1v) is 10.3. The van der Waals surface area contributed by atoms with Gasteiger partial charge in [-0.3, -0.25) is 9.20 Å². The van der Waals surface area contributed by atoms with E-state index in [1.54, 1.807) is 16.5 Å². The topological polar surface area (TPSA) is 88.7 Å². The Hall–Kier alpha value is -1.19. The van der Waals surface area contributed by atoms with Gasteiger partial charge in [-0.15, -0.1) is 0 Å². The van der Waals surface area contributed by atoms with E-state index in [0.717, 1.165) is 10.2 Å². The maximum Gasteiger partial charge on any atom is 0.197 e. The normalized spacial score (nSPS) is 12.3. The second-order valence-electron chi connectivity index (χ2n) is 5.18. The number of hydrogen-bond acceptors (Lipinski definition) is 6. The molecule has 0 saturated heterocycles. The van der Waals surface area contributed by atoms with Crippen LogP contribution in [0.2, 0.25) is 10.0 Å². The molecule has 1 N–H and O–H groups in total. The van der Waals surface area contributed by atoms with Crippen molar-refractivity contribution in [3.05, 3.63) is 34.1 Å². The molecule has 0 amide bonds. The number of nitrogens with zero attached hydrogens (tertiary/aromatic N) is 2. The summed E-state index contributed by atoms with van der Waals surface area (Å²) in [6, 6.07) is 3.42. The van der Waals surface area contributed by atoms with Crippen LogP contribution < -0.4 is 0 Å². The van der Waals surface area contributed by atoms with Gasteiger partial charge in [0.1, 0.15) is 11.4 Å². The first-order chi connectivity index (χ1) is 11.3. The molecule has 0 bridgehead atoms. The number of ketones is 1. The lowest BCUT2D eigenvalue weighted by Gasteiger charge is -2.00. The fourth-order valence-electron chi connectivity index (χ4n) is 2.27. The van der Waals surface area contributed by atoms with Crippen molar-refractivity contribution in [3.8, 4) is 0 Å². The third-order valence-corrected chi connectivity index (χ3v) is 7.02. The number of fused-ring (bicyclic) bond motifs is 3. The molecule has 0 radical (unpaired) electrons. The van der Waals surface area contributed by atoms with Crippen LogP contribution in [0.25, 0.3) is 15.2 Å². The monoisotopic (exact) mass is 406 g/mol. The number of rotatable bonds is 6. The summed E-state index contributed by atoms with van der Waals surface area (Å²) >= 11 is 13.4. The molecule has 0 fully saturated rings. The van der Waals surface area contributed by atoms with Crippen molar-refractivity contribution in [1.29, 1.82) is 0 Å². The minimum atomic E-state index is -3.56. The SMILES string of the molecule is O=C(CS(=O)(=O)CCCO)c1cn2c(n1)sc1c(Cl)c(Cl)ccc12. The van der Waals surface area contributed by atoms with Crippen LogP contribution in [-0.2, 0) is 9.84 Å². The fourth-order valence-corrected chi connectivity index (χ4v) is 5.07. The Morgan fingerprint density at radius 2 is 2.08 bits per heavy atom. The van der Waals surface area contributed by atoms with E-state index in [1.165, 1.54) is 17.5 Å². The minimum Gasteiger partial charge on any atom is -0.396 e. The van der Waals surface area contributed by atoms with E-state index >= 15 is 0 Å². The number of Topliss-reactive ketones (excluding diaryl/α,β-unsaturated/α-hetero) is 1. The van der Waals surface area contributed by atoms with Gasteiger partial charge in [-0.25, -0.2) is 13.4 Å². The average Bonchev–Trinajstić information content (AvgIpc) is 3.07. The van der Waals surface area contributed by atoms with E-state index in [2.05, 4.69) is 4.98 Å². The number of hydrogen-bond donors (Lipinski definition) is 1. The molecule has 128 valence electrons. The smallest absolute Gasteiger partial charge is 0.197 e. The van der Waals surface area contributed by atoms with Gasteiger partial charge in [-0.2, -0.15) is 0 Å². The lowest BCUT2D eigenvalue weighted by molar-refractivity contribution is 0.101. The molecule has 24 heavy (non-hydrogen) atoms. The molecule has 6 nitrogen and oxygen atoms in total. The molecule has 0 saturated carbocycles. The third-order valence-electron chi connectivity index (χ3n) is 3.41. The highest BCUT2D eigenvalue weighted by Gasteiger charge is 2.21. The van der Waals surface area contributed by atoms with Crippen LogP contribution >= 0.6 is 34.5 Å². The zero-order valence-corrected chi connectivity index (χ0v) is 15.3. The van der Waals surface area contributed by atoms with Crippen molar-refractivity contribution < 1.29 is 18.3 Å². The maximum atomic E-state index is 12.2. The van der Waals surface area contributed by atoms with Crippen molar-refractivity contribution in [2.24, 2.45) is 0 Å². The number of imidazole rings is 1. The highest BCUT2D eigenvalue weighted by Crippen LogP contribution is 2.36. The first-order valence-electron chi connectivity index (χ1n) is 6.92. The lowest BCUT2D eigenvalue weighted by Crippen LogP contribution is -2.20. The molecule has 0 aliphatic heterocycles. The minimum absolute atomic E-state index is 0.0850. The van der Waals surface area contributed by atoms with Crippen molar-refractivity contribution in [2.75, 3.05) is 18.1 Å². The molecule has 0 unspecified atom stereocenters. The number of carbonyl (C=O) groups is 1. The first kappa shape index (κ1) is 17.6. The van der Waals surface area contributed by atoms with E-state index in [4.69, 9.17) is 28.3 Å². The van der Waals surface area contributed by atoms with Crippen LogP contribution in [0.15, 0.2) is 18.3 Å². The number of thiazole rings is 1. The van der Waals surface area contributed by atoms with E-state index < -0.39 is 21.4 Å². The molecular weight excluding hydrogens is 395 g/mol. The van der Waals surface area contributed by atoms with Gasteiger partial charge < -0.3 is 5.11 Å². The van der Waals surface area contributed by atoms with Crippen LogP contribution in [0.4, 0.5) is 0 Å². The van der Waals surface area contributed by atoms with Gasteiger partial charge in [-0.1, -0.05) is 34.5 Å². The van der Waals surface area contributed by atoms with Gasteiger partial charge in [0.05, 0.1) is 26.0 Å². The van der Waals surface area contributed by atoms with E-state index in [0.29, 0.717) is 15.0 Å². The summed E-state index contributed by atoms with van der Waals surface area (Å²) in [7, 11) is -3.56. The van der Waals surface area contributed by atoms with Crippen molar-refractivity contribution in [2.45, 2.75) is 6.42 Å². The lowest BCUT2D eigenvalue weighted by atomic mass is 10.3. The van der Waals surface area contributed by atoms with Crippen LogP contribution in [0.5, 0.6) is 0 Å². The number of aliphatic hydroxyl groups is 1. The number of aromatic nitrogens is 2. The zero-order chi connectivity index (χ0) is 17.5. The standard InChI is InChI=1S/C14H12Cl2N2O4S2/c15-8-2-3-10-13(12(8)16)23-14-17-9(6-18(10)14)11(20)7-24(21,22)5-1-4-19/h2-3,6,19H,1,4-5,7H2. The highest BCUT2D eigenvalue weighted by atomic mass is 35.5. The molecular formula is C14H12Cl2N2O4S2. The fraction of sp³-hybridized carbons (Fsp3) is 0.286. The van der Waals surface area contributed by atoms with Gasteiger partial charge in [0, 0.05) is 12.8 Å². The second kappa shape index (κ2) is 6.61. The summed E-state index contributed by atoms with van der Waals surface area (Å²) < 4.78 is 26.1. The van der Waals surface area contributed by atoms with Gasteiger partial charge in [0.15, 0.2) is 20.6 Å². The van der Waals surface area contributed by atoms with Crippen molar-refractivity contribution in [1.82, 2.24) is 9.38 Å². The Kier molecular flexibility index (Phi) is 4.85. The van der Waals surface area contributed by atoms with Crippen LogP contribution in [0, 0.1) is 0 Å². The predicted octanol–water partition coefficient (Wildman–Crippen LogP) is 2.84. The molecule has 0 aliphatic carbocycles. The Labute approximate surface area is 151 Å². The second-order valence-corrected chi connectivity index (χ2v) is 9.13. The Balaban J connectivity index is 1.94. The Morgan fingerprint density at radius 3 is 2.79 bits per heavy atom. The summed E-state index contributed by atoms with van der Waals surface area (Å²) in [5, 5.41) is 9.56. The average molecular weight is 407 g/mol. The Morgan fingerprint density at radius 1 is 1.33 bits per heavy atom. The van der Waals surface area contributed by atoms with Gasteiger partial charge in [0.25, 0.3) is 0 Å². The largest absolute Gasteiger partial charge is 0.396 e. The summed E-state index contributed by atoms with van der Waals surface area (Å²) in [6.07, 6.45) is 1.61. The number of halogens is 2. The van der Waals surface area contributed by atoms with Crippen molar-refractivity contribution >= 4 is 65.3 Å².